The number of aromatic nitrogens is 1. The third-order valence-electron chi connectivity index (χ3n) is 2.76. The molecule has 21 heavy (non-hydrogen) atoms. The maximum Gasteiger partial charge on any atom is 0.263 e. The Morgan fingerprint density at radius 3 is 2.62 bits per heavy atom. The van der Waals surface area contributed by atoms with Gasteiger partial charge in [0.05, 0.1) is 17.2 Å². The summed E-state index contributed by atoms with van der Waals surface area (Å²) in [7, 11) is -3.87. The lowest BCUT2D eigenvalue weighted by Crippen LogP contribution is -2.13. The Balaban J connectivity index is 2.29. The summed E-state index contributed by atoms with van der Waals surface area (Å²) in [5.41, 5.74) is 0.760. The number of halogens is 1. The van der Waals surface area contributed by atoms with Crippen LogP contribution in [0, 0.1) is 19.7 Å². The fourth-order valence-corrected chi connectivity index (χ4v) is 3.67. The molecule has 5 nitrogen and oxygen atoms in total. The van der Waals surface area contributed by atoms with Crippen molar-refractivity contribution >= 4 is 26.5 Å². The number of ether oxygens (including phenoxy) is 1. The van der Waals surface area contributed by atoms with E-state index in [1.807, 2.05) is 6.92 Å². The molecule has 0 radical (unpaired) electrons. The van der Waals surface area contributed by atoms with Gasteiger partial charge in [-0.05, 0) is 39.0 Å². The molecule has 0 aliphatic rings. The molecule has 2 rings (SSSR count). The van der Waals surface area contributed by atoms with Crippen molar-refractivity contribution in [1.82, 2.24) is 4.98 Å². The number of nitrogens with one attached hydrogen (secondary N) is 1. The number of benzene rings is 1. The van der Waals surface area contributed by atoms with Gasteiger partial charge >= 0.3 is 0 Å². The highest BCUT2D eigenvalue weighted by Crippen LogP contribution is 2.26. The van der Waals surface area contributed by atoms with Crippen LogP contribution >= 0.6 is 11.3 Å². The van der Waals surface area contributed by atoms with Gasteiger partial charge in [0.2, 0.25) is 0 Å². The predicted molar refractivity (Wildman–Crippen MR) is 80.0 cm³/mol. The average molecular weight is 330 g/mol. The van der Waals surface area contributed by atoms with Crippen LogP contribution in [0.2, 0.25) is 0 Å². The molecule has 0 saturated carbocycles. The third-order valence-corrected chi connectivity index (χ3v) is 5.22. The maximum atomic E-state index is 13.7. The van der Waals surface area contributed by atoms with Crippen molar-refractivity contribution < 1.29 is 17.5 Å². The van der Waals surface area contributed by atoms with Crippen molar-refractivity contribution in [2.75, 3.05) is 11.3 Å². The molecule has 1 N–H and O–H groups in total. The second-order valence-electron chi connectivity index (χ2n) is 4.29. The van der Waals surface area contributed by atoms with E-state index in [9.17, 15) is 12.8 Å². The van der Waals surface area contributed by atoms with Gasteiger partial charge in [0, 0.05) is 4.88 Å². The summed E-state index contributed by atoms with van der Waals surface area (Å²) in [6, 6.07) is 3.52. The van der Waals surface area contributed by atoms with Crippen LogP contribution in [0.25, 0.3) is 0 Å². The standard InChI is InChI=1S/C13H15FN2O3S2/c1-4-19-12-6-5-10(7-11(12)14)21(17,18)16-13-15-8(2)9(3)20-13/h5-7H,4H2,1-3H3,(H,15,16). The van der Waals surface area contributed by atoms with Crippen molar-refractivity contribution in [3.8, 4) is 5.75 Å². The van der Waals surface area contributed by atoms with Crippen LogP contribution < -0.4 is 9.46 Å². The van der Waals surface area contributed by atoms with Gasteiger partial charge in [-0.1, -0.05) is 0 Å². The molecule has 114 valence electrons. The van der Waals surface area contributed by atoms with Crippen molar-refractivity contribution in [2.24, 2.45) is 0 Å². The molecular weight excluding hydrogens is 315 g/mol. The molecule has 1 heterocycles. The predicted octanol–water partition coefficient (Wildman–Crippen LogP) is 3.10. The molecule has 0 fully saturated rings. The summed E-state index contributed by atoms with van der Waals surface area (Å²) in [6.07, 6.45) is 0. The number of anilines is 1. The van der Waals surface area contributed by atoms with E-state index in [1.54, 1.807) is 13.8 Å². The number of rotatable bonds is 5. The average Bonchev–Trinajstić information content (AvgIpc) is 2.70. The number of thiazole rings is 1. The monoisotopic (exact) mass is 330 g/mol. The number of sulfonamides is 1. The van der Waals surface area contributed by atoms with E-state index in [4.69, 9.17) is 4.74 Å². The Hall–Kier alpha value is -1.67. The Morgan fingerprint density at radius 1 is 1.38 bits per heavy atom. The summed E-state index contributed by atoms with van der Waals surface area (Å²) in [6.45, 7) is 5.67. The molecule has 0 atom stereocenters. The minimum Gasteiger partial charge on any atom is -0.491 e. The van der Waals surface area contributed by atoms with Gasteiger partial charge in [0.25, 0.3) is 10.0 Å². The van der Waals surface area contributed by atoms with Gasteiger partial charge in [-0.2, -0.15) is 0 Å². The largest absolute Gasteiger partial charge is 0.491 e. The molecule has 1 aromatic heterocycles. The topological polar surface area (TPSA) is 68.3 Å². The van der Waals surface area contributed by atoms with Crippen LogP contribution in [0.4, 0.5) is 9.52 Å². The van der Waals surface area contributed by atoms with Crippen LogP contribution in [-0.4, -0.2) is 20.0 Å². The quantitative estimate of drug-likeness (QED) is 0.915. The zero-order chi connectivity index (χ0) is 15.6. The summed E-state index contributed by atoms with van der Waals surface area (Å²) in [5.74, 6) is -0.691. The van der Waals surface area contributed by atoms with Gasteiger partial charge in [0.15, 0.2) is 16.7 Å². The Bertz CT molecular complexity index is 737. The van der Waals surface area contributed by atoms with Crippen molar-refractivity contribution in [3.63, 3.8) is 0 Å². The minimum absolute atomic E-state index is 0.0254. The highest BCUT2D eigenvalue weighted by atomic mass is 32.2. The van der Waals surface area contributed by atoms with E-state index < -0.39 is 15.8 Å². The number of nitrogens with zero attached hydrogens (tertiary/aromatic N) is 1. The minimum atomic E-state index is -3.87. The lowest BCUT2D eigenvalue weighted by Gasteiger charge is -2.08. The smallest absolute Gasteiger partial charge is 0.263 e. The first-order valence-electron chi connectivity index (χ1n) is 6.22. The van der Waals surface area contributed by atoms with Gasteiger partial charge in [-0.25, -0.2) is 17.8 Å². The molecule has 0 amide bonds. The van der Waals surface area contributed by atoms with Crippen molar-refractivity contribution in [2.45, 2.75) is 25.7 Å². The van der Waals surface area contributed by atoms with Crippen LogP contribution in [0.3, 0.4) is 0 Å². The second-order valence-corrected chi connectivity index (χ2v) is 7.18. The molecule has 0 unspecified atom stereocenters. The Morgan fingerprint density at radius 2 is 2.10 bits per heavy atom. The van der Waals surface area contributed by atoms with E-state index in [1.165, 1.54) is 23.5 Å². The van der Waals surface area contributed by atoms with Crippen LogP contribution in [-0.2, 0) is 10.0 Å². The van der Waals surface area contributed by atoms with Gasteiger partial charge < -0.3 is 4.74 Å². The SMILES string of the molecule is CCOc1ccc(S(=O)(=O)Nc2nc(C)c(C)s2)cc1F. The zero-order valence-electron chi connectivity index (χ0n) is 11.8. The molecule has 0 bridgehead atoms. The number of aryl methyl sites for hydroxylation is 2. The number of hydrogen-bond acceptors (Lipinski definition) is 5. The normalized spacial score (nSPS) is 11.4. The van der Waals surface area contributed by atoms with Crippen molar-refractivity contribution in [1.29, 1.82) is 0 Å². The summed E-state index contributed by atoms with van der Waals surface area (Å²) in [5, 5.41) is 0.263. The fraction of sp³-hybridized carbons (Fsp3) is 0.308. The molecule has 2 aromatic rings. The Kier molecular flexibility index (Phi) is 4.48. The molecule has 0 aliphatic carbocycles. The van der Waals surface area contributed by atoms with Crippen molar-refractivity contribution in [3.05, 3.63) is 34.6 Å². The molecule has 0 saturated heterocycles. The second kappa shape index (κ2) is 5.98. The molecule has 1 aromatic carbocycles. The van der Waals surface area contributed by atoms with Crippen LogP contribution in [0.5, 0.6) is 5.75 Å². The lowest BCUT2D eigenvalue weighted by atomic mass is 10.3. The summed E-state index contributed by atoms with van der Waals surface area (Å²) >= 11 is 1.23. The first kappa shape index (κ1) is 15.7. The van der Waals surface area contributed by atoms with Gasteiger partial charge in [-0.3, -0.25) is 4.72 Å². The van der Waals surface area contributed by atoms with Crippen LogP contribution in [0.15, 0.2) is 23.1 Å². The van der Waals surface area contributed by atoms with Gasteiger partial charge in [-0.15, -0.1) is 11.3 Å². The first-order valence-corrected chi connectivity index (χ1v) is 8.52. The Labute approximate surface area is 126 Å². The van der Waals surface area contributed by atoms with E-state index in [0.717, 1.165) is 16.6 Å². The molecule has 8 heteroatoms. The van der Waals surface area contributed by atoms with E-state index >= 15 is 0 Å². The summed E-state index contributed by atoms with van der Waals surface area (Å²) in [4.78, 5) is 4.85. The van der Waals surface area contributed by atoms with Gasteiger partial charge in [0.1, 0.15) is 0 Å². The highest BCUT2D eigenvalue weighted by Gasteiger charge is 2.19. The molecular formula is C13H15FN2O3S2. The first-order chi connectivity index (χ1) is 9.83. The van der Waals surface area contributed by atoms with E-state index in [2.05, 4.69) is 9.71 Å². The zero-order valence-corrected chi connectivity index (χ0v) is 13.4. The highest BCUT2D eigenvalue weighted by molar-refractivity contribution is 7.93. The fourth-order valence-electron chi connectivity index (χ4n) is 1.61. The van der Waals surface area contributed by atoms with E-state index in [-0.39, 0.29) is 15.8 Å². The maximum absolute atomic E-state index is 13.7. The molecule has 0 aliphatic heterocycles. The molecule has 0 spiro atoms. The third kappa shape index (κ3) is 3.51. The number of hydrogen-bond donors (Lipinski definition) is 1. The van der Waals surface area contributed by atoms with E-state index in [0.29, 0.717) is 6.61 Å². The van der Waals surface area contributed by atoms with Crippen LogP contribution in [0.1, 0.15) is 17.5 Å². The summed E-state index contributed by atoms with van der Waals surface area (Å²) < 4.78 is 45.5. The lowest BCUT2D eigenvalue weighted by molar-refractivity contribution is 0.321.